The van der Waals surface area contributed by atoms with Gasteiger partial charge in [0.05, 0.1) is 65.6 Å². The lowest BCUT2D eigenvalue weighted by Gasteiger charge is -2.32. The highest BCUT2D eigenvalue weighted by Crippen LogP contribution is 2.43. The van der Waals surface area contributed by atoms with E-state index in [-0.39, 0.29) is 46.6 Å². The average molecular weight is 977 g/mol. The molecule has 0 bridgehead atoms. The van der Waals surface area contributed by atoms with Gasteiger partial charge in [-0.3, -0.25) is 9.59 Å². The maximum absolute atomic E-state index is 12.6. The Morgan fingerprint density at radius 1 is 0.574 bits per heavy atom. The zero-order valence-electron chi connectivity index (χ0n) is 41.4. The van der Waals surface area contributed by atoms with Gasteiger partial charge in [-0.15, -0.1) is 0 Å². The van der Waals surface area contributed by atoms with Crippen LogP contribution < -0.4 is 19.1 Å². The Labute approximate surface area is 401 Å². The molecule has 6 rings (SSSR count). The molecule has 0 atom stereocenters. The smallest absolute Gasteiger partial charge is 0.494 e. The molecule has 3 aliphatic rings. The van der Waals surface area contributed by atoms with Crippen LogP contribution in [-0.4, -0.2) is 101 Å². The van der Waals surface area contributed by atoms with Gasteiger partial charge in [0.2, 0.25) is 0 Å². The number of hydrogen-bond donors (Lipinski definition) is 0. The summed E-state index contributed by atoms with van der Waals surface area (Å²) >= 11 is 0. The predicted octanol–water partition coefficient (Wildman–Crippen LogP) is 8.94. The van der Waals surface area contributed by atoms with Gasteiger partial charge in [0.1, 0.15) is 12.0 Å². The van der Waals surface area contributed by atoms with E-state index in [0.717, 1.165) is 30.8 Å². The Morgan fingerprint density at radius 3 is 1.49 bits per heavy atom. The van der Waals surface area contributed by atoms with E-state index in [0.29, 0.717) is 43.0 Å². The molecule has 3 saturated heterocycles. The van der Waals surface area contributed by atoms with Crippen molar-refractivity contribution in [2.24, 2.45) is 0 Å². The molecule has 0 spiro atoms. The molecule has 3 aliphatic heterocycles. The van der Waals surface area contributed by atoms with Crippen LogP contribution in [0.2, 0.25) is 0 Å². The van der Waals surface area contributed by atoms with E-state index in [1.165, 1.54) is 12.1 Å². The molecule has 3 heterocycles. The first kappa shape index (κ1) is 56.6. The third kappa shape index (κ3) is 13.9. The maximum atomic E-state index is 12.6. The van der Waals surface area contributed by atoms with Crippen LogP contribution in [0.4, 0.5) is 13.2 Å². The molecule has 3 fully saturated rings. The van der Waals surface area contributed by atoms with Crippen LogP contribution in [-0.2, 0) is 49.4 Å². The molecule has 0 radical (unpaired) electrons. The lowest BCUT2D eigenvalue weighted by Crippen LogP contribution is -2.41. The first-order chi connectivity index (χ1) is 31.4. The zero-order valence-corrected chi connectivity index (χ0v) is 42.3. The minimum atomic E-state index is -5.94. The number of unbranched alkanes of at least 4 members (excludes halogenated alkanes) is 1. The molecule has 3 aromatic rings. The van der Waals surface area contributed by atoms with Gasteiger partial charge < -0.3 is 46.3 Å². The summed E-state index contributed by atoms with van der Waals surface area (Å²) in [6.45, 7) is 27.6. The second-order valence-electron chi connectivity index (χ2n) is 19.4. The quantitative estimate of drug-likeness (QED) is 0.0415. The lowest BCUT2D eigenvalue weighted by molar-refractivity contribution is -0.0500. The Morgan fingerprint density at radius 2 is 1.01 bits per heavy atom. The van der Waals surface area contributed by atoms with Crippen molar-refractivity contribution in [1.29, 1.82) is 0 Å². The molecule has 14 nitrogen and oxygen atoms in total. The van der Waals surface area contributed by atoms with Gasteiger partial charge in [-0.1, -0.05) is 61.9 Å². The number of ether oxygens (including phenoxy) is 3. The van der Waals surface area contributed by atoms with Gasteiger partial charge in [-0.2, -0.15) is 21.6 Å². The van der Waals surface area contributed by atoms with E-state index >= 15 is 0 Å². The van der Waals surface area contributed by atoms with Crippen LogP contribution in [0.5, 0.6) is 17.2 Å². The highest BCUT2D eigenvalue weighted by molar-refractivity contribution is 7.88. The lowest BCUT2D eigenvalue weighted by atomic mass is 9.49. The van der Waals surface area contributed by atoms with Crippen LogP contribution in [0.25, 0.3) is 0 Å². The number of benzene rings is 3. The van der Waals surface area contributed by atoms with E-state index in [2.05, 4.69) is 11.1 Å². The molecule has 0 aromatic heterocycles. The fourth-order valence-electron chi connectivity index (χ4n) is 6.42. The Balaban J connectivity index is 0.000000228. The van der Waals surface area contributed by atoms with Crippen molar-refractivity contribution >= 4 is 49.3 Å². The summed E-state index contributed by atoms with van der Waals surface area (Å²) in [5.41, 5.74) is -6.14. The van der Waals surface area contributed by atoms with Crippen molar-refractivity contribution in [3.63, 3.8) is 0 Å². The van der Waals surface area contributed by atoms with Gasteiger partial charge in [0.15, 0.2) is 17.8 Å². The summed E-state index contributed by atoms with van der Waals surface area (Å²) in [5, 5.41) is 0. The van der Waals surface area contributed by atoms with E-state index in [1.54, 1.807) is 6.07 Å². The molecular weight excluding hydrogens is 910 g/mol. The number of halogens is 3. The summed E-state index contributed by atoms with van der Waals surface area (Å²) in [5.74, 6) is -0.433. The topological polar surface area (TPSA) is 161 Å². The number of aldehydes is 2. The Hall–Kier alpha value is -3.95. The summed E-state index contributed by atoms with van der Waals surface area (Å²) in [7, 11) is -7.49. The van der Waals surface area contributed by atoms with Crippen molar-refractivity contribution in [3.8, 4) is 17.2 Å². The zero-order chi connectivity index (χ0) is 51.0. The van der Waals surface area contributed by atoms with Crippen molar-refractivity contribution < 1.29 is 77.5 Å². The summed E-state index contributed by atoms with van der Waals surface area (Å²) in [6.07, 6.45) is 3.40. The predicted molar refractivity (Wildman–Crippen MR) is 254 cm³/mol. The first-order valence-electron chi connectivity index (χ1n) is 22.6. The number of hydrogen-bond acceptors (Lipinski definition) is 14. The second kappa shape index (κ2) is 22.4. The first-order valence-corrected chi connectivity index (χ1v) is 24.0. The van der Waals surface area contributed by atoms with Gasteiger partial charge in [-0.05, 0) is 113 Å². The van der Waals surface area contributed by atoms with Crippen LogP contribution in [0.3, 0.4) is 0 Å². The number of rotatable bonds is 17. The van der Waals surface area contributed by atoms with Gasteiger partial charge >= 0.3 is 36.8 Å². The minimum Gasteiger partial charge on any atom is -0.494 e. The number of alkyl halides is 3. The Kier molecular flexibility index (Phi) is 18.7. The largest absolute Gasteiger partial charge is 0.534 e. The molecule has 3 aromatic carbocycles. The number of carbonyl (C=O) groups is 2. The van der Waals surface area contributed by atoms with Crippen LogP contribution in [0, 0.1) is 0 Å². The third-order valence-electron chi connectivity index (χ3n) is 12.7. The number of para-hydroxylation sites is 1. The standard InChI is InChI=1S/C18H17F3O6S.C17H25BO4.C12H24B2O4/c19-18(20,21)28(23,24)27-17-15(12-22)8-4-9-16(17)26-11-5-10-25-13-14-6-2-1-3-7-14;1-6-7-11-20-14-10-8-9-13(12-19)15(14)18-21-16(2,3)17(4,5)22-18;1-9(2)10(3,4)16-13(15-9)14-17-11(5,6)12(7,8)18-14/h1-4,6-9,12H,5,10-11,13H2;8-10,12H,6-7,11H2,1-5H3;1-8H3. The van der Waals surface area contributed by atoms with Gasteiger partial charge in [0, 0.05) is 17.4 Å². The van der Waals surface area contributed by atoms with Crippen molar-refractivity contribution in [2.75, 3.05) is 19.8 Å². The highest BCUT2D eigenvalue weighted by Gasteiger charge is 2.64. The highest BCUT2D eigenvalue weighted by atomic mass is 32.2. The van der Waals surface area contributed by atoms with Gasteiger partial charge in [0.25, 0.3) is 0 Å². The fraction of sp³-hybridized carbons (Fsp3) is 0.574. The molecule has 68 heavy (non-hydrogen) atoms. The molecule has 0 unspecified atom stereocenters. The molecule has 374 valence electrons. The van der Waals surface area contributed by atoms with Crippen molar-refractivity contribution in [3.05, 3.63) is 83.4 Å². The van der Waals surface area contributed by atoms with Crippen molar-refractivity contribution in [2.45, 2.75) is 155 Å². The van der Waals surface area contributed by atoms with E-state index in [9.17, 15) is 31.2 Å². The molecule has 21 heteroatoms. The van der Waals surface area contributed by atoms with E-state index in [1.807, 2.05) is 126 Å². The second-order valence-corrected chi connectivity index (χ2v) is 21.0. The van der Waals surface area contributed by atoms with Gasteiger partial charge in [-0.25, -0.2) is 0 Å². The van der Waals surface area contributed by atoms with E-state index in [4.69, 9.17) is 42.1 Å². The van der Waals surface area contributed by atoms with Crippen LogP contribution in [0.1, 0.15) is 136 Å². The Bertz CT molecular complexity index is 2180. The maximum Gasteiger partial charge on any atom is 0.534 e. The normalized spacial score (nSPS) is 19.6. The molecule has 0 aliphatic carbocycles. The minimum absolute atomic E-state index is 0.0134. The number of carbonyl (C=O) groups excluding carboxylic acids is 2. The molecule has 0 amide bonds. The molecule has 0 saturated carbocycles. The summed E-state index contributed by atoms with van der Waals surface area (Å²) in [6, 6.07) is 18.5. The molecule has 0 N–H and O–H groups in total. The van der Waals surface area contributed by atoms with Crippen molar-refractivity contribution in [1.82, 2.24) is 0 Å². The summed E-state index contributed by atoms with van der Waals surface area (Å²) < 4.78 is 117. The van der Waals surface area contributed by atoms with E-state index < -0.39 is 53.7 Å². The molecular formula is C47H66B3F3O14S. The van der Waals surface area contributed by atoms with Crippen LogP contribution in [0.15, 0.2) is 66.7 Å². The fourth-order valence-corrected chi connectivity index (χ4v) is 6.91. The monoisotopic (exact) mass is 976 g/mol. The summed E-state index contributed by atoms with van der Waals surface area (Å²) in [4.78, 5) is 22.5. The average Bonchev–Trinajstić information content (AvgIpc) is 3.71. The third-order valence-corrected chi connectivity index (χ3v) is 13.6. The SMILES string of the molecule is CC1(C)OB(B2OC(C)(C)C(C)(C)O2)OC1(C)C.CCCCOc1cccc(C=O)c1B1OC(C)(C)C(C)(C)O1.O=Cc1cccc(OCCCOCc2ccccc2)c1OS(=O)(=O)C(F)(F)F. The van der Waals surface area contributed by atoms with Crippen LogP contribution >= 0.6 is 0 Å².